The van der Waals surface area contributed by atoms with Crippen LogP contribution in [0, 0.1) is 0 Å². The summed E-state index contributed by atoms with van der Waals surface area (Å²) in [5.74, 6) is -2.03. The number of fused-ring (bicyclic) bond motifs is 1. The lowest BCUT2D eigenvalue weighted by Gasteiger charge is -2.27. The molecular weight excluding hydrogens is 270 g/mol. The number of rotatable bonds is 5. The van der Waals surface area contributed by atoms with E-state index in [9.17, 15) is 14.4 Å². The maximum atomic E-state index is 12.2. The van der Waals surface area contributed by atoms with Crippen LogP contribution in [0.4, 0.5) is 5.69 Å². The number of unbranched alkanes of at least 4 members (excludes halogenated alkanes) is 1. The van der Waals surface area contributed by atoms with Crippen LogP contribution in [0.3, 0.4) is 0 Å². The molecule has 112 valence electrons. The maximum absolute atomic E-state index is 12.2. The van der Waals surface area contributed by atoms with E-state index >= 15 is 0 Å². The van der Waals surface area contributed by atoms with Crippen molar-refractivity contribution in [1.29, 1.82) is 0 Å². The van der Waals surface area contributed by atoms with Crippen molar-refractivity contribution in [3.63, 3.8) is 0 Å². The fourth-order valence-corrected chi connectivity index (χ4v) is 2.44. The first-order valence-electron chi connectivity index (χ1n) is 7.03. The van der Waals surface area contributed by atoms with Crippen molar-refractivity contribution in [3.8, 4) is 0 Å². The van der Waals surface area contributed by atoms with Crippen molar-refractivity contribution in [3.05, 3.63) is 29.8 Å². The summed E-state index contributed by atoms with van der Waals surface area (Å²) in [5.41, 5.74) is 6.81. The molecule has 1 aromatic rings. The minimum Gasteiger partial charge on any atom is -0.368 e. The Hall–Kier alpha value is -2.37. The largest absolute Gasteiger partial charge is 0.368 e. The first-order valence-corrected chi connectivity index (χ1v) is 7.03. The van der Waals surface area contributed by atoms with E-state index in [0.717, 1.165) is 18.4 Å². The number of anilines is 1. The molecule has 0 fully saturated rings. The molecule has 1 atom stereocenters. The van der Waals surface area contributed by atoms with Gasteiger partial charge in [0.1, 0.15) is 6.04 Å². The van der Waals surface area contributed by atoms with Crippen molar-refractivity contribution in [2.24, 2.45) is 5.73 Å². The van der Waals surface area contributed by atoms with Crippen molar-refractivity contribution in [1.82, 2.24) is 4.90 Å². The normalized spacial score (nSPS) is 16.0. The summed E-state index contributed by atoms with van der Waals surface area (Å²) in [5, 5.41) is 2.57. The number of para-hydroxylation sites is 1. The van der Waals surface area contributed by atoms with E-state index in [2.05, 4.69) is 5.32 Å². The van der Waals surface area contributed by atoms with Crippen LogP contribution in [0.1, 0.15) is 31.7 Å². The molecule has 0 aromatic heterocycles. The van der Waals surface area contributed by atoms with Gasteiger partial charge < -0.3 is 16.0 Å². The Morgan fingerprint density at radius 2 is 2.10 bits per heavy atom. The van der Waals surface area contributed by atoms with Gasteiger partial charge in [-0.3, -0.25) is 14.4 Å². The number of carbonyl (C=O) groups excluding carboxylic acids is 3. The zero-order valence-corrected chi connectivity index (χ0v) is 12.0. The van der Waals surface area contributed by atoms with Crippen LogP contribution in [0.25, 0.3) is 0 Å². The zero-order chi connectivity index (χ0) is 15.4. The predicted molar refractivity (Wildman–Crippen MR) is 78.1 cm³/mol. The molecule has 2 rings (SSSR count). The third-order valence-corrected chi connectivity index (χ3v) is 3.60. The van der Waals surface area contributed by atoms with E-state index in [0.29, 0.717) is 12.1 Å². The molecule has 1 aliphatic rings. The molecule has 0 radical (unpaired) electrons. The van der Waals surface area contributed by atoms with E-state index in [1.807, 2.05) is 19.1 Å². The van der Waals surface area contributed by atoms with Gasteiger partial charge in [-0.25, -0.2) is 0 Å². The first kappa shape index (κ1) is 15.0. The predicted octanol–water partition coefficient (Wildman–Crippen LogP) is 1.01. The minimum absolute atomic E-state index is 0.199. The number of primary amides is 1. The van der Waals surface area contributed by atoms with Crippen LogP contribution in [0.2, 0.25) is 0 Å². The summed E-state index contributed by atoms with van der Waals surface area (Å²) in [6.45, 7) is 2.19. The fourth-order valence-electron chi connectivity index (χ4n) is 2.44. The summed E-state index contributed by atoms with van der Waals surface area (Å²) < 4.78 is 0. The van der Waals surface area contributed by atoms with Gasteiger partial charge in [0.15, 0.2) is 0 Å². The lowest BCUT2D eigenvalue weighted by atomic mass is 10.1. The molecule has 1 aromatic carbocycles. The van der Waals surface area contributed by atoms with Gasteiger partial charge in [0, 0.05) is 12.2 Å². The highest BCUT2D eigenvalue weighted by Gasteiger charge is 2.34. The van der Waals surface area contributed by atoms with E-state index < -0.39 is 23.8 Å². The van der Waals surface area contributed by atoms with Crippen LogP contribution in [0.15, 0.2) is 24.3 Å². The van der Waals surface area contributed by atoms with Crippen LogP contribution < -0.4 is 11.1 Å². The Labute approximate surface area is 123 Å². The molecule has 0 aliphatic carbocycles. The molecule has 6 heteroatoms. The highest BCUT2D eigenvalue weighted by Crippen LogP contribution is 2.23. The van der Waals surface area contributed by atoms with Crippen molar-refractivity contribution in [2.45, 2.75) is 38.8 Å². The van der Waals surface area contributed by atoms with Crippen molar-refractivity contribution < 1.29 is 14.4 Å². The molecule has 0 saturated heterocycles. The number of amides is 3. The monoisotopic (exact) mass is 289 g/mol. The molecule has 3 N–H and O–H groups in total. The number of hydrogen-bond donors (Lipinski definition) is 2. The van der Waals surface area contributed by atoms with Crippen LogP contribution in [-0.2, 0) is 20.9 Å². The average Bonchev–Trinajstić information content (AvgIpc) is 2.58. The summed E-state index contributed by atoms with van der Waals surface area (Å²) in [6.07, 6.45) is 2.11. The third-order valence-electron chi connectivity index (χ3n) is 3.60. The quantitative estimate of drug-likeness (QED) is 0.792. The van der Waals surface area contributed by atoms with Gasteiger partial charge in [-0.15, -0.1) is 0 Å². The maximum Gasteiger partial charge on any atom is 0.313 e. The summed E-state index contributed by atoms with van der Waals surface area (Å²) in [6, 6.07) is 6.40. The first-order chi connectivity index (χ1) is 10.0. The van der Waals surface area contributed by atoms with Gasteiger partial charge in [-0.05, 0) is 18.1 Å². The van der Waals surface area contributed by atoms with Gasteiger partial charge in [-0.2, -0.15) is 0 Å². The molecule has 6 nitrogen and oxygen atoms in total. The Morgan fingerprint density at radius 1 is 1.38 bits per heavy atom. The highest BCUT2D eigenvalue weighted by molar-refractivity contribution is 6.40. The van der Waals surface area contributed by atoms with Crippen molar-refractivity contribution >= 4 is 23.4 Å². The second kappa shape index (κ2) is 6.39. The van der Waals surface area contributed by atoms with Crippen molar-refractivity contribution in [2.75, 3.05) is 5.32 Å². The van der Waals surface area contributed by atoms with E-state index in [1.165, 1.54) is 4.90 Å². The van der Waals surface area contributed by atoms with Gasteiger partial charge in [0.2, 0.25) is 5.91 Å². The molecule has 0 spiro atoms. The summed E-state index contributed by atoms with van der Waals surface area (Å²) in [7, 11) is 0. The fraction of sp³-hybridized carbons (Fsp3) is 0.400. The van der Waals surface area contributed by atoms with Gasteiger partial charge in [0.05, 0.1) is 0 Å². The van der Waals surface area contributed by atoms with Gasteiger partial charge >= 0.3 is 11.8 Å². The highest BCUT2D eigenvalue weighted by atomic mass is 16.2. The Bertz CT molecular complexity index is 571. The topological polar surface area (TPSA) is 92.5 Å². The zero-order valence-electron chi connectivity index (χ0n) is 12.0. The molecular formula is C15H19N3O3. The Morgan fingerprint density at radius 3 is 2.76 bits per heavy atom. The lowest BCUT2D eigenvalue weighted by molar-refractivity contribution is -0.147. The van der Waals surface area contributed by atoms with E-state index in [-0.39, 0.29) is 6.54 Å². The Balaban J connectivity index is 2.34. The molecule has 3 amide bonds. The van der Waals surface area contributed by atoms with E-state index in [1.54, 1.807) is 12.1 Å². The summed E-state index contributed by atoms with van der Waals surface area (Å²) in [4.78, 5) is 37.1. The average molecular weight is 289 g/mol. The number of nitrogens with two attached hydrogens (primary N) is 1. The molecule has 0 unspecified atom stereocenters. The third kappa shape index (κ3) is 3.21. The minimum atomic E-state index is -0.755. The van der Waals surface area contributed by atoms with Crippen LogP contribution in [0.5, 0.6) is 0 Å². The van der Waals surface area contributed by atoms with E-state index in [4.69, 9.17) is 5.73 Å². The molecule has 0 saturated carbocycles. The summed E-state index contributed by atoms with van der Waals surface area (Å²) >= 11 is 0. The van der Waals surface area contributed by atoms with Crippen LogP contribution in [-0.4, -0.2) is 28.7 Å². The number of nitrogens with one attached hydrogen (secondary N) is 1. The van der Waals surface area contributed by atoms with Crippen LogP contribution >= 0.6 is 0 Å². The van der Waals surface area contributed by atoms with Gasteiger partial charge in [-0.1, -0.05) is 38.0 Å². The molecule has 21 heavy (non-hydrogen) atoms. The number of carbonyl (C=O) groups is 3. The standard InChI is InChI=1S/C15H19N3O3/c1-2-3-8-12(13(16)19)18-9-10-6-4-5-7-11(10)17-14(20)15(18)21/h4-7,12H,2-3,8-9H2,1H3,(H2,16,19)(H,17,20)/t12-/m1/s1. The van der Waals surface area contributed by atoms with Gasteiger partial charge in [0.25, 0.3) is 0 Å². The number of hydrogen-bond acceptors (Lipinski definition) is 3. The molecule has 1 aliphatic heterocycles. The smallest absolute Gasteiger partial charge is 0.313 e. The number of benzene rings is 1. The lowest BCUT2D eigenvalue weighted by Crippen LogP contribution is -2.49. The second-order valence-corrected chi connectivity index (χ2v) is 5.10. The SMILES string of the molecule is CCCC[C@H](C(N)=O)N1Cc2ccccc2NC(=O)C1=O. The Kier molecular flexibility index (Phi) is 4.57. The second-order valence-electron chi connectivity index (χ2n) is 5.10. The number of nitrogens with zero attached hydrogens (tertiary/aromatic N) is 1. The molecule has 0 bridgehead atoms. The molecule has 1 heterocycles.